The number of hydrogen-bond acceptors (Lipinski definition) is 10. The molecule has 4 aliphatic rings. The largest absolute Gasteiger partial charge is 0.495 e. The molecule has 0 unspecified atom stereocenters. The van der Waals surface area contributed by atoms with Gasteiger partial charge in [-0.15, -0.1) is 0 Å². The van der Waals surface area contributed by atoms with E-state index in [4.69, 9.17) is 19.1 Å². The average Bonchev–Trinajstić information content (AvgIpc) is 3.56. The molecule has 12 nitrogen and oxygen atoms in total. The fraction of sp³-hybridized carbons (Fsp3) is 0.520. The van der Waals surface area contributed by atoms with Crippen LogP contribution >= 0.6 is 63.7 Å². The third-order valence-electron chi connectivity index (χ3n) is 6.91. The van der Waals surface area contributed by atoms with Gasteiger partial charge in [0, 0.05) is 25.9 Å². The van der Waals surface area contributed by atoms with Crippen molar-refractivity contribution in [1.82, 2.24) is 10.6 Å². The monoisotopic (exact) mass is 828 g/mol. The summed E-state index contributed by atoms with van der Waals surface area (Å²) in [6.07, 6.45) is 3.39. The van der Waals surface area contributed by atoms with Crippen LogP contribution in [0, 0.1) is 0 Å². The first-order valence-electron chi connectivity index (χ1n) is 12.6. The first-order valence-corrected chi connectivity index (χ1v) is 15.7. The molecule has 16 heteroatoms. The van der Waals surface area contributed by atoms with Gasteiger partial charge in [-0.25, -0.2) is 0 Å². The Balaban J connectivity index is 1.14. The van der Waals surface area contributed by atoms with Crippen molar-refractivity contribution in [2.24, 2.45) is 10.3 Å². The van der Waals surface area contributed by atoms with E-state index in [0.717, 1.165) is 6.42 Å². The summed E-state index contributed by atoms with van der Waals surface area (Å²) in [5.74, 6) is 0.133. The summed E-state index contributed by atoms with van der Waals surface area (Å²) in [6, 6.07) is 0. The van der Waals surface area contributed by atoms with Gasteiger partial charge in [-0.05, 0) is 95.1 Å². The molecule has 4 atom stereocenters. The van der Waals surface area contributed by atoms with Gasteiger partial charge in [0.05, 0.1) is 32.1 Å². The minimum Gasteiger partial charge on any atom is -0.495 e. The minimum atomic E-state index is -1.21. The molecule has 0 aromatic heterocycles. The Morgan fingerprint density at radius 3 is 1.59 bits per heavy atom. The first kappa shape index (κ1) is 32.2. The first-order chi connectivity index (χ1) is 19.5. The van der Waals surface area contributed by atoms with Crippen molar-refractivity contribution < 1.29 is 39.0 Å². The highest BCUT2D eigenvalue weighted by atomic mass is 79.9. The van der Waals surface area contributed by atoms with Crippen LogP contribution in [0.5, 0.6) is 0 Å². The van der Waals surface area contributed by atoms with Gasteiger partial charge in [0.2, 0.25) is 0 Å². The van der Waals surface area contributed by atoms with E-state index in [0.29, 0.717) is 55.4 Å². The molecule has 41 heavy (non-hydrogen) atoms. The maximum atomic E-state index is 12.6. The lowest BCUT2D eigenvalue weighted by Crippen LogP contribution is -2.45. The van der Waals surface area contributed by atoms with E-state index in [-0.39, 0.29) is 36.1 Å². The Hall–Kier alpha value is -1.72. The van der Waals surface area contributed by atoms with Crippen molar-refractivity contribution >= 4 is 87.0 Å². The van der Waals surface area contributed by atoms with E-state index in [1.807, 2.05) is 0 Å². The molecule has 2 heterocycles. The van der Waals surface area contributed by atoms with E-state index in [1.54, 1.807) is 12.2 Å². The summed E-state index contributed by atoms with van der Waals surface area (Å²) in [7, 11) is 2.97. The van der Waals surface area contributed by atoms with Crippen LogP contribution in [-0.2, 0) is 28.7 Å². The highest BCUT2D eigenvalue weighted by Gasteiger charge is 2.51. The zero-order chi connectivity index (χ0) is 29.9. The quantitative estimate of drug-likeness (QED) is 0.245. The van der Waals surface area contributed by atoms with E-state index < -0.39 is 23.4 Å². The number of nitrogens with zero attached hydrogens (tertiary/aromatic N) is 2. The van der Waals surface area contributed by atoms with Crippen LogP contribution < -0.4 is 10.6 Å². The molecule has 0 aromatic carbocycles. The molecule has 0 saturated heterocycles. The molecule has 2 amide bonds. The van der Waals surface area contributed by atoms with Crippen molar-refractivity contribution in [1.29, 1.82) is 0 Å². The van der Waals surface area contributed by atoms with Crippen LogP contribution in [0.25, 0.3) is 0 Å². The highest BCUT2D eigenvalue weighted by Crippen LogP contribution is 2.45. The van der Waals surface area contributed by atoms with Gasteiger partial charge in [-0.1, -0.05) is 10.3 Å². The molecule has 4 rings (SSSR count). The average molecular weight is 832 g/mol. The Morgan fingerprint density at radius 1 is 0.829 bits per heavy atom. The van der Waals surface area contributed by atoms with E-state index >= 15 is 0 Å². The predicted molar refractivity (Wildman–Crippen MR) is 164 cm³/mol. The number of halogens is 4. The number of ether oxygens (including phenoxy) is 2. The van der Waals surface area contributed by atoms with Crippen LogP contribution in [0.15, 0.2) is 51.9 Å². The standard InChI is InChI=1S/C25H28Br4N4O8/c1-38-18-12(26)8-24(20(34)16(18)28)10-14(32-40-24)22(36)30-6-4-3-5-7-31-23(37)15-11-25(41-33-15)9-13(27)19(39-2)17(29)21(25)35/h8-9,20-21,34-35H,3-7,10-11H2,1-2H3,(H,30,36)(H,31,37)/t20-,21-,24-,25-/m1/s1. The van der Waals surface area contributed by atoms with Crippen LogP contribution in [0.1, 0.15) is 32.1 Å². The summed E-state index contributed by atoms with van der Waals surface area (Å²) in [5, 5.41) is 34.9. The van der Waals surface area contributed by atoms with Gasteiger partial charge in [0.1, 0.15) is 35.1 Å². The lowest BCUT2D eigenvalue weighted by atomic mass is 9.87. The van der Waals surface area contributed by atoms with E-state index in [1.165, 1.54) is 14.2 Å². The number of hydrogen-bond donors (Lipinski definition) is 4. The fourth-order valence-electron chi connectivity index (χ4n) is 4.67. The molecule has 2 spiro atoms. The van der Waals surface area contributed by atoms with Gasteiger partial charge in [-0.2, -0.15) is 0 Å². The second-order valence-electron chi connectivity index (χ2n) is 9.65. The number of methoxy groups -OCH3 is 2. The number of amides is 2. The SMILES string of the molecule is COC1=C(Br)[C@@H](O)[C@@]2(C=C1Br)CC(C(=O)NCCCCCNC(=O)C1=NO[C@]3(C=C(Br)C(OC)=C(Br)[C@H]3O)C1)=NO2. The van der Waals surface area contributed by atoms with E-state index in [9.17, 15) is 19.8 Å². The molecule has 4 N–H and O–H groups in total. The Bertz CT molecular complexity index is 1200. The number of unbranched alkanes of at least 4 members (excludes halogenated alkanes) is 2. The molecule has 0 fully saturated rings. The van der Waals surface area contributed by atoms with Crippen LogP contribution in [0.2, 0.25) is 0 Å². The number of rotatable bonds is 10. The fourth-order valence-corrected chi connectivity index (χ4v) is 8.26. The highest BCUT2D eigenvalue weighted by molar-refractivity contribution is 9.12. The summed E-state index contributed by atoms with van der Waals surface area (Å²) in [4.78, 5) is 36.2. The van der Waals surface area contributed by atoms with Gasteiger partial charge in [0.15, 0.2) is 11.2 Å². The summed E-state index contributed by atoms with van der Waals surface area (Å²) >= 11 is 13.5. The van der Waals surface area contributed by atoms with Crippen molar-refractivity contribution in [3.8, 4) is 0 Å². The van der Waals surface area contributed by atoms with Crippen molar-refractivity contribution in [2.45, 2.75) is 55.5 Å². The maximum Gasteiger partial charge on any atom is 0.269 e. The van der Waals surface area contributed by atoms with Crippen LogP contribution in [0.3, 0.4) is 0 Å². The molecular weight excluding hydrogens is 804 g/mol. The number of nitrogens with one attached hydrogen (secondary N) is 2. The molecule has 2 aliphatic carbocycles. The Morgan fingerprint density at radius 2 is 1.22 bits per heavy atom. The number of allylic oxidation sites excluding steroid dienone is 2. The maximum absolute atomic E-state index is 12.6. The third-order valence-corrected chi connectivity index (χ3v) is 9.68. The number of carbonyl (C=O) groups excluding carboxylic acids is 2. The lowest BCUT2D eigenvalue weighted by molar-refractivity contribution is -0.115. The third kappa shape index (κ3) is 6.47. The number of carbonyl (C=O) groups is 2. The molecular formula is C25H28Br4N4O8. The molecule has 0 saturated carbocycles. The lowest BCUT2D eigenvalue weighted by Gasteiger charge is -2.33. The summed E-state index contributed by atoms with van der Waals surface area (Å²) < 4.78 is 12.5. The molecule has 0 bridgehead atoms. The second kappa shape index (κ2) is 13.3. The number of oxime groups is 2. The summed E-state index contributed by atoms with van der Waals surface area (Å²) in [6.45, 7) is 0.818. The minimum absolute atomic E-state index is 0.0899. The van der Waals surface area contributed by atoms with Crippen LogP contribution in [-0.4, -0.2) is 84.2 Å². The van der Waals surface area contributed by atoms with Crippen molar-refractivity contribution in [2.75, 3.05) is 27.3 Å². The normalized spacial score (nSPS) is 29.0. The van der Waals surface area contributed by atoms with Crippen molar-refractivity contribution in [3.63, 3.8) is 0 Å². The molecule has 0 aromatic rings. The second-order valence-corrected chi connectivity index (χ2v) is 13.1. The van der Waals surface area contributed by atoms with Gasteiger partial charge in [0.25, 0.3) is 11.8 Å². The predicted octanol–water partition coefficient (Wildman–Crippen LogP) is 3.23. The van der Waals surface area contributed by atoms with Crippen molar-refractivity contribution in [3.05, 3.63) is 41.6 Å². The van der Waals surface area contributed by atoms with Crippen LogP contribution in [0.4, 0.5) is 0 Å². The Kier molecular flexibility index (Phi) is 10.4. The molecule has 224 valence electrons. The zero-order valence-electron chi connectivity index (χ0n) is 22.0. The molecule has 2 aliphatic heterocycles. The summed E-state index contributed by atoms with van der Waals surface area (Å²) in [5.41, 5.74) is -2.06. The Labute approximate surface area is 269 Å². The van der Waals surface area contributed by atoms with E-state index in [2.05, 4.69) is 84.7 Å². The van der Waals surface area contributed by atoms with Gasteiger partial charge in [-0.3, -0.25) is 9.59 Å². The zero-order valence-corrected chi connectivity index (χ0v) is 28.4. The van der Waals surface area contributed by atoms with Gasteiger partial charge < -0.3 is 40.0 Å². The van der Waals surface area contributed by atoms with Gasteiger partial charge >= 0.3 is 0 Å². The number of aliphatic hydroxyl groups excluding tert-OH is 2. The topological polar surface area (TPSA) is 160 Å². The number of aliphatic hydroxyl groups is 2. The smallest absolute Gasteiger partial charge is 0.269 e. The molecule has 0 radical (unpaired) electrons.